The van der Waals surface area contributed by atoms with Crippen molar-refractivity contribution < 1.29 is 9.90 Å². The zero-order valence-electron chi connectivity index (χ0n) is 12.8. The van der Waals surface area contributed by atoms with Gasteiger partial charge in [-0.2, -0.15) is 0 Å². The van der Waals surface area contributed by atoms with Crippen LogP contribution in [0.15, 0.2) is 24.3 Å². The van der Waals surface area contributed by atoms with Gasteiger partial charge >= 0.3 is 0 Å². The summed E-state index contributed by atoms with van der Waals surface area (Å²) < 4.78 is 0. The second-order valence-corrected chi connectivity index (χ2v) is 5.89. The van der Waals surface area contributed by atoms with Gasteiger partial charge in [-0.05, 0) is 63.5 Å². The highest BCUT2D eigenvalue weighted by atomic mass is 16.3. The maximum absolute atomic E-state index is 12.0. The Hall–Kier alpha value is -1.55. The van der Waals surface area contributed by atoms with Crippen LogP contribution in [0.1, 0.15) is 50.6 Å². The Balaban J connectivity index is 1.67. The molecular weight excluding hydrogens is 264 g/mol. The van der Waals surface area contributed by atoms with Gasteiger partial charge in [0, 0.05) is 6.42 Å². The van der Waals surface area contributed by atoms with Crippen molar-refractivity contribution >= 4 is 5.91 Å². The van der Waals surface area contributed by atoms with Gasteiger partial charge in [0.05, 0.1) is 6.04 Å². The van der Waals surface area contributed by atoms with Crippen molar-refractivity contribution in [1.29, 1.82) is 0 Å². The number of hydrogen-bond donors (Lipinski definition) is 2. The monoisotopic (exact) mass is 290 g/mol. The fourth-order valence-electron chi connectivity index (χ4n) is 2.81. The van der Waals surface area contributed by atoms with Gasteiger partial charge in [0.15, 0.2) is 0 Å². The predicted molar refractivity (Wildman–Crippen MR) is 84.2 cm³/mol. The minimum absolute atomic E-state index is 0.0203. The Morgan fingerprint density at radius 1 is 1.24 bits per heavy atom. The molecule has 21 heavy (non-hydrogen) atoms. The molecule has 0 radical (unpaired) electrons. The molecule has 1 unspecified atom stereocenters. The SMILES string of the molecule is CC(NC(=O)CCCN1CCCCC1)c1ccc(O)cc1. The molecule has 2 N–H and O–H groups in total. The number of benzene rings is 1. The molecule has 1 heterocycles. The van der Waals surface area contributed by atoms with Gasteiger partial charge in [-0.25, -0.2) is 0 Å². The third-order valence-electron chi connectivity index (χ3n) is 4.10. The van der Waals surface area contributed by atoms with Crippen LogP contribution in [0.4, 0.5) is 0 Å². The number of phenols is 1. The van der Waals surface area contributed by atoms with Crippen LogP contribution in [0.25, 0.3) is 0 Å². The van der Waals surface area contributed by atoms with E-state index in [0.29, 0.717) is 6.42 Å². The summed E-state index contributed by atoms with van der Waals surface area (Å²) in [6, 6.07) is 6.96. The first-order valence-electron chi connectivity index (χ1n) is 7.96. The van der Waals surface area contributed by atoms with Crippen molar-refractivity contribution in [3.8, 4) is 5.75 Å². The molecule has 1 aliphatic rings. The minimum atomic E-state index is -0.0203. The van der Waals surface area contributed by atoms with Crippen molar-refractivity contribution in [2.24, 2.45) is 0 Å². The number of amides is 1. The van der Waals surface area contributed by atoms with Gasteiger partial charge in [0.2, 0.25) is 5.91 Å². The zero-order chi connectivity index (χ0) is 15.1. The molecule has 0 spiro atoms. The summed E-state index contributed by atoms with van der Waals surface area (Å²) in [5, 5.41) is 12.3. The van der Waals surface area contributed by atoms with Crippen LogP contribution in [-0.4, -0.2) is 35.5 Å². The largest absolute Gasteiger partial charge is 0.508 e. The molecule has 1 aromatic carbocycles. The molecule has 116 valence electrons. The Morgan fingerprint density at radius 3 is 2.57 bits per heavy atom. The van der Waals surface area contributed by atoms with E-state index >= 15 is 0 Å². The van der Waals surface area contributed by atoms with Crippen molar-refractivity contribution in [1.82, 2.24) is 10.2 Å². The predicted octanol–water partition coefficient (Wildman–Crippen LogP) is 2.84. The number of nitrogens with one attached hydrogen (secondary N) is 1. The first kappa shape index (κ1) is 15.8. The van der Waals surface area contributed by atoms with E-state index in [1.54, 1.807) is 12.1 Å². The number of carbonyl (C=O) groups excluding carboxylic acids is 1. The van der Waals surface area contributed by atoms with Crippen molar-refractivity contribution in [2.45, 2.75) is 45.1 Å². The fraction of sp³-hybridized carbons (Fsp3) is 0.588. The third-order valence-corrected chi connectivity index (χ3v) is 4.10. The van der Waals surface area contributed by atoms with Gasteiger partial charge in [-0.1, -0.05) is 18.6 Å². The number of aromatic hydroxyl groups is 1. The summed E-state index contributed by atoms with van der Waals surface area (Å²) in [6.45, 7) is 5.37. The first-order valence-corrected chi connectivity index (χ1v) is 7.96. The number of piperidine rings is 1. The van der Waals surface area contributed by atoms with Crippen molar-refractivity contribution in [2.75, 3.05) is 19.6 Å². The van der Waals surface area contributed by atoms with E-state index in [1.807, 2.05) is 19.1 Å². The standard InChI is InChI=1S/C17H26N2O2/c1-14(15-7-9-16(20)10-8-15)18-17(21)6-5-13-19-11-3-2-4-12-19/h7-10,14,20H,2-6,11-13H2,1H3,(H,18,21). The van der Waals surface area contributed by atoms with E-state index in [0.717, 1.165) is 18.5 Å². The zero-order valence-corrected chi connectivity index (χ0v) is 12.8. The van der Waals surface area contributed by atoms with Crippen LogP contribution >= 0.6 is 0 Å². The van der Waals surface area contributed by atoms with Crippen molar-refractivity contribution in [3.05, 3.63) is 29.8 Å². The van der Waals surface area contributed by atoms with E-state index in [9.17, 15) is 9.90 Å². The Labute approximate surface area is 127 Å². The summed E-state index contributed by atoms with van der Waals surface area (Å²) in [7, 11) is 0. The number of nitrogens with zero attached hydrogens (tertiary/aromatic N) is 1. The number of carbonyl (C=O) groups is 1. The summed E-state index contributed by atoms with van der Waals surface area (Å²) in [5.74, 6) is 0.353. The topological polar surface area (TPSA) is 52.6 Å². The van der Waals surface area contributed by atoms with Gasteiger partial charge < -0.3 is 15.3 Å². The van der Waals surface area contributed by atoms with E-state index in [2.05, 4.69) is 10.2 Å². The Bertz CT molecular complexity index is 439. The third kappa shape index (κ3) is 5.38. The van der Waals surface area contributed by atoms with E-state index in [4.69, 9.17) is 0 Å². The van der Waals surface area contributed by atoms with Crippen LogP contribution in [-0.2, 0) is 4.79 Å². The average molecular weight is 290 g/mol. The molecule has 1 fully saturated rings. The second kappa shape index (κ2) is 8.03. The smallest absolute Gasteiger partial charge is 0.220 e. The van der Waals surface area contributed by atoms with Crippen LogP contribution in [0.2, 0.25) is 0 Å². The van der Waals surface area contributed by atoms with Crippen LogP contribution in [0, 0.1) is 0 Å². The maximum Gasteiger partial charge on any atom is 0.220 e. The Kier molecular flexibility index (Phi) is 6.05. The summed E-state index contributed by atoms with van der Waals surface area (Å²) in [5.41, 5.74) is 1.01. The molecule has 2 rings (SSSR count). The fourth-order valence-corrected chi connectivity index (χ4v) is 2.81. The number of rotatable bonds is 6. The Morgan fingerprint density at radius 2 is 1.90 bits per heavy atom. The minimum Gasteiger partial charge on any atom is -0.508 e. The summed E-state index contributed by atoms with van der Waals surface area (Å²) in [6.07, 6.45) is 5.45. The van der Waals surface area contributed by atoms with Crippen molar-refractivity contribution in [3.63, 3.8) is 0 Å². The molecule has 1 aliphatic heterocycles. The van der Waals surface area contributed by atoms with Gasteiger partial charge in [0.25, 0.3) is 0 Å². The molecular formula is C17H26N2O2. The number of likely N-dealkylation sites (tertiary alicyclic amines) is 1. The average Bonchev–Trinajstić information content (AvgIpc) is 2.49. The molecule has 0 bridgehead atoms. The van der Waals surface area contributed by atoms with E-state index in [1.165, 1.54) is 32.4 Å². The quantitative estimate of drug-likeness (QED) is 0.847. The number of phenolic OH excluding ortho intramolecular Hbond substituents is 1. The lowest BCUT2D eigenvalue weighted by atomic mass is 10.1. The molecule has 0 aliphatic carbocycles. The van der Waals surface area contributed by atoms with Gasteiger partial charge in [0.1, 0.15) is 5.75 Å². The van der Waals surface area contributed by atoms with Gasteiger partial charge in [-0.15, -0.1) is 0 Å². The lowest BCUT2D eigenvalue weighted by Gasteiger charge is -2.26. The first-order chi connectivity index (χ1) is 10.1. The van der Waals surface area contributed by atoms with Crippen LogP contribution < -0.4 is 5.32 Å². The highest BCUT2D eigenvalue weighted by Gasteiger charge is 2.12. The number of hydrogen-bond acceptors (Lipinski definition) is 3. The van der Waals surface area contributed by atoms with Crippen LogP contribution in [0.5, 0.6) is 5.75 Å². The molecule has 0 aromatic heterocycles. The lowest BCUT2D eigenvalue weighted by molar-refractivity contribution is -0.121. The molecule has 1 amide bonds. The lowest BCUT2D eigenvalue weighted by Crippen LogP contribution is -2.32. The maximum atomic E-state index is 12.0. The second-order valence-electron chi connectivity index (χ2n) is 5.89. The highest BCUT2D eigenvalue weighted by Crippen LogP contribution is 2.16. The summed E-state index contributed by atoms with van der Waals surface area (Å²) in [4.78, 5) is 14.4. The molecule has 1 saturated heterocycles. The normalized spacial score (nSPS) is 17.4. The van der Waals surface area contributed by atoms with E-state index in [-0.39, 0.29) is 17.7 Å². The molecule has 1 atom stereocenters. The molecule has 4 nitrogen and oxygen atoms in total. The summed E-state index contributed by atoms with van der Waals surface area (Å²) >= 11 is 0. The van der Waals surface area contributed by atoms with Crippen LogP contribution in [0.3, 0.4) is 0 Å². The highest BCUT2D eigenvalue weighted by molar-refractivity contribution is 5.76. The van der Waals surface area contributed by atoms with E-state index < -0.39 is 0 Å². The molecule has 0 saturated carbocycles. The molecule has 4 heteroatoms. The molecule has 1 aromatic rings. The van der Waals surface area contributed by atoms with Gasteiger partial charge in [-0.3, -0.25) is 4.79 Å².